The van der Waals surface area contributed by atoms with E-state index in [4.69, 9.17) is 0 Å². The molecule has 0 fully saturated rings. The van der Waals surface area contributed by atoms with E-state index in [2.05, 4.69) is 14.2 Å². The molecule has 0 radical (unpaired) electrons. The molecule has 10 heteroatoms. The molecule has 0 bridgehead atoms. The fraction of sp³-hybridized carbons (Fsp3) is 0.571. The van der Waals surface area contributed by atoms with Crippen molar-refractivity contribution in [2.24, 2.45) is 0 Å². The monoisotopic (exact) mass is 375 g/mol. The van der Waals surface area contributed by atoms with E-state index in [0.29, 0.717) is 0 Å². The Morgan fingerprint density at radius 3 is 2.33 bits per heavy atom. The highest BCUT2D eigenvalue weighted by atomic mass is 32.2. The highest BCUT2D eigenvalue weighted by Crippen LogP contribution is 2.26. The third-order valence-electron chi connectivity index (χ3n) is 2.70. The van der Waals surface area contributed by atoms with E-state index in [1.807, 2.05) is 0 Å². The van der Waals surface area contributed by atoms with Gasteiger partial charge in [-0.1, -0.05) is 12.1 Å². The molecule has 0 aliphatic heterocycles. The molecule has 1 aromatic rings. The van der Waals surface area contributed by atoms with Crippen LogP contribution >= 0.6 is 0 Å². The van der Waals surface area contributed by atoms with Crippen molar-refractivity contribution in [3.05, 3.63) is 29.8 Å². The summed E-state index contributed by atoms with van der Waals surface area (Å²) < 4.78 is 83.4. The van der Waals surface area contributed by atoms with Crippen LogP contribution in [0.2, 0.25) is 0 Å². The number of benzene rings is 1. The Hall–Kier alpha value is -1.10. The van der Waals surface area contributed by atoms with Crippen LogP contribution in [-0.4, -0.2) is 28.9 Å². The molecule has 0 aromatic heterocycles. The van der Waals surface area contributed by atoms with Crippen molar-refractivity contribution in [3.63, 3.8) is 0 Å². The third-order valence-corrected chi connectivity index (χ3v) is 4.32. The number of halogens is 5. The number of alkyl halides is 5. The zero-order chi connectivity index (χ0) is 18.5. The van der Waals surface area contributed by atoms with Crippen molar-refractivity contribution in [2.75, 3.05) is 6.61 Å². The Labute approximate surface area is 139 Å². The molecule has 0 saturated heterocycles. The molecule has 0 saturated carbocycles. The van der Waals surface area contributed by atoms with Crippen LogP contribution in [-0.2, 0) is 16.1 Å². The van der Waals surface area contributed by atoms with Crippen molar-refractivity contribution >= 4 is 11.4 Å². The van der Waals surface area contributed by atoms with Gasteiger partial charge < -0.3 is 9.29 Å². The maximum Gasteiger partial charge on any atom is 0.522 e. The summed E-state index contributed by atoms with van der Waals surface area (Å²) in [6.07, 6.45) is -4.87. The molecule has 1 rings (SSSR count). The zero-order valence-corrected chi connectivity index (χ0v) is 14.0. The maximum atomic E-state index is 12.3. The average Bonchev–Trinajstić information content (AvgIpc) is 2.40. The van der Waals surface area contributed by atoms with Gasteiger partial charge in [0.15, 0.2) is 0 Å². The molecular weight excluding hydrogens is 357 g/mol. The van der Waals surface area contributed by atoms with Gasteiger partial charge in [0.25, 0.3) is 0 Å². The molecule has 24 heavy (non-hydrogen) atoms. The lowest BCUT2D eigenvalue weighted by Gasteiger charge is -2.28. The normalized spacial score (nSPS) is 15.4. The summed E-state index contributed by atoms with van der Waals surface area (Å²) in [7, 11) is 0. The first kappa shape index (κ1) is 20.9. The molecule has 1 unspecified atom stereocenters. The molecule has 2 atom stereocenters. The number of hydrogen-bond acceptors (Lipinski definition) is 4. The highest BCUT2D eigenvalue weighted by Gasteiger charge is 2.34. The third kappa shape index (κ3) is 7.65. The lowest BCUT2D eigenvalue weighted by molar-refractivity contribution is -0.326. The number of rotatable bonds is 7. The molecule has 1 aromatic carbocycles. The van der Waals surface area contributed by atoms with E-state index < -0.39 is 41.7 Å². The second kappa shape index (κ2) is 8.32. The smallest absolute Gasteiger partial charge is 0.522 e. The first-order chi connectivity index (χ1) is 10.9. The second-order valence-electron chi connectivity index (χ2n) is 5.76. The van der Waals surface area contributed by atoms with Gasteiger partial charge in [0, 0.05) is 11.4 Å². The summed E-state index contributed by atoms with van der Waals surface area (Å²) in [6, 6.07) is 3.99. The maximum absolute atomic E-state index is 12.3. The predicted molar refractivity (Wildman–Crippen MR) is 78.9 cm³/mol. The molecule has 0 aliphatic rings. The largest absolute Gasteiger partial charge is 0.598 e. The van der Waals surface area contributed by atoms with Gasteiger partial charge in [-0.3, -0.25) is 4.74 Å². The first-order valence-electron chi connectivity index (χ1n) is 6.82. The van der Waals surface area contributed by atoms with Crippen molar-refractivity contribution < 1.29 is 36.0 Å². The van der Waals surface area contributed by atoms with Crippen molar-refractivity contribution in [1.29, 1.82) is 0 Å². The summed E-state index contributed by atoms with van der Waals surface area (Å²) in [4.78, 5) is 0. The fourth-order valence-corrected chi connectivity index (χ4v) is 2.41. The molecule has 4 nitrogen and oxygen atoms in total. The van der Waals surface area contributed by atoms with Crippen molar-refractivity contribution in [3.8, 4) is 5.75 Å². The van der Waals surface area contributed by atoms with Gasteiger partial charge in [-0.25, -0.2) is 0 Å². The van der Waals surface area contributed by atoms with E-state index in [9.17, 15) is 26.5 Å². The zero-order valence-electron chi connectivity index (χ0n) is 13.2. The SMILES string of the molecule is CC(C)(C)[S+]([O-])N[C@@H](COC(F)(F)F)c1cccc(OC(F)F)c1. The van der Waals surface area contributed by atoms with Gasteiger partial charge >= 0.3 is 13.0 Å². The summed E-state index contributed by atoms with van der Waals surface area (Å²) in [6.45, 7) is 0.960. The molecule has 0 amide bonds. The lowest BCUT2D eigenvalue weighted by atomic mass is 10.1. The van der Waals surface area contributed by atoms with Gasteiger partial charge in [-0.05, 0) is 38.5 Å². The van der Waals surface area contributed by atoms with Gasteiger partial charge in [-0.2, -0.15) is 8.78 Å². The van der Waals surface area contributed by atoms with E-state index in [1.54, 1.807) is 20.8 Å². The summed E-state index contributed by atoms with van der Waals surface area (Å²) in [5.41, 5.74) is 0.176. The molecule has 1 N–H and O–H groups in total. The van der Waals surface area contributed by atoms with Gasteiger partial charge in [0.05, 0.1) is 6.61 Å². The minimum Gasteiger partial charge on any atom is -0.598 e. The number of nitrogens with one attached hydrogen (secondary N) is 1. The average molecular weight is 375 g/mol. The van der Waals surface area contributed by atoms with Gasteiger partial charge in [0.2, 0.25) is 0 Å². The van der Waals surface area contributed by atoms with Gasteiger partial charge in [0.1, 0.15) is 16.5 Å². The van der Waals surface area contributed by atoms with Crippen molar-refractivity contribution in [2.45, 2.75) is 44.5 Å². The van der Waals surface area contributed by atoms with Crippen LogP contribution in [0, 0.1) is 0 Å². The minimum atomic E-state index is -4.87. The first-order valence-corrected chi connectivity index (χ1v) is 7.97. The molecule has 0 heterocycles. The Kier molecular flexibility index (Phi) is 7.26. The Morgan fingerprint density at radius 1 is 1.21 bits per heavy atom. The van der Waals surface area contributed by atoms with Crippen LogP contribution in [0.15, 0.2) is 24.3 Å². The molecule has 138 valence electrons. The van der Waals surface area contributed by atoms with Crippen LogP contribution in [0.4, 0.5) is 22.0 Å². The van der Waals surface area contributed by atoms with Crippen LogP contribution in [0.3, 0.4) is 0 Å². The lowest BCUT2D eigenvalue weighted by Crippen LogP contribution is -2.43. The standard InChI is InChI=1S/C14H18F5NO3S/c1-13(2,3)24(21)20-11(8-22-14(17,18)19)9-5-4-6-10(7-9)23-12(15)16/h4-7,11-12,20H,8H2,1-3H3/t11-,24?/m0/s1. The van der Waals surface area contributed by atoms with E-state index in [-0.39, 0.29) is 11.3 Å². The topological polar surface area (TPSA) is 53.5 Å². The molecule has 0 spiro atoms. The Bertz CT molecular complexity index is 522. The van der Waals surface area contributed by atoms with Crippen LogP contribution in [0.1, 0.15) is 32.4 Å². The van der Waals surface area contributed by atoms with E-state index in [0.717, 1.165) is 6.07 Å². The summed E-state index contributed by atoms with van der Waals surface area (Å²) >= 11 is -1.70. The number of ether oxygens (including phenoxy) is 2. The van der Waals surface area contributed by atoms with Gasteiger partial charge in [-0.15, -0.1) is 17.9 Å². The van der Waals surface area contributed by atoms with Crippen LogP contribution < -0.4 is 9.46 Å². The number of hydrogen-bond donors (Lipinski definition) is 1. The van der Waals surface area contributed by atoms with E-state index in [1.165, 1.54) is 18.2 Å². The fourth-order valence-electron chi connectivity index (χ4n) is 1.59. The Balaban J connectivity index is 2.99. The molecule has 0 aliphatic carbocycles. The van der Waals surface area contributed by atoms with Crippen LogP contribution in [0.25, 0.3) is 0 Å². The highest BCUT2D eigenvalue weighted by molar-refractivity contribution is 7.90. The Morgan fingerprint density at radius 2 is 1.83 bits per heavy atom. The summed E-state index contributed by atoms with van der Waals surface area (Å²) in [5, 5.41) is 0. The minimum absolute atomic E-state index is 0.176. The van der Waals surface area contributed by atoms with E-state index >= 15 is 0 Å². The predicted octanol–water partition coefficient (Wildman–Crippen LogP) is 3.92. The van der Waals surface area contributed by atoms with Crippen molar-refractivity contribution in [1.82, 2.24) is 4.72 Å². The molecular formula is C14H18F5NO3S. The summed E-state index contributed by atoms with van der Waals surface area (Å²) in [5.74, 6) is -0.220. The second-order valence-corrected chi connectivity index (χ2v) is 7.76. The quantitative estimate of drug-likeness (QED) is 0.580. The van der Waals surface area contributed by atoms with Crippen LogP contribution in [0.5, 0.6) is 5.75 Å².